The molecule has 0 aromatic heterocycles. The highest BCUT2D eigenvalue weighted by molar-refractivity contribution is 6.30. The highest BCUT2D eigenvalue weighted by Gasteiger charge is 2.17. The zero-order valence-electron chi connectivity index (χ0n) is 18.0. The molecule has 1 N–H and O–H groups in total. The highest BCUT2D eigenvalue weighted by Crippen LogP contribution is 2.13. The third-order valence-electron chi connectivity index (χ3n) is 5.59. The summed E-state index contributed by atoms with van der Waals surface area (Å²) in [5, 5.41) is 4.69. The van der Waals surface area contributed by atoms with Crippen LogP contribution in [0, 0.1) is 0 Å². The van der Waals surface area contributed by atoms with Crippen molar-refractivity contribution in [2.24, 2.45) is 5.10 Å². The van der Waals surface area contributed by atoms with Crippen molar-refractivity contribution >= 4 is 23.7 Å². The second kappa shape index (κ2) is 11.0. The molecule has 1 fully saturated rings. The van der Waals surface area contributed by atoms with Gasteiger partial charge in [0.25, 0.3) is 5.91 Å². The van der Waals surface area contributed by atoms with Gasteiger partial charge in [-0.3, -0.25) is 14.6 Å². The van der Waals surface area contributed by atoms with Gasteiger partial charge in [-0.1, -0.05) is 66.2 Å². The molecule has 1 heterocycles. The van der Waals surface area contributed by atoms with Crippen molar-refractivity contribution in [2.45, 2.75) is 13.1 Å². The molecule has 4 rings (SSSR count). The van der Waals surface area contributed by atoms with Gasteiger partial charge >= 0.3 is 0 Å². The van der Waals surface area contributed by atoms with Crippen LogP contribution in [-0.4, -0.2) is 48.1 Å². The number of rotatable bonds is 7. The average Bonchev–Trinajstić information content (AvgIpc) is 2.83. The Morgan fingerprint density at radius 2 is 1.38 bits per heavy atom. The molecule has 0 spiro atoms. The van der Waals surface area contributed by atoms with E-state index in [2.05, 4.69) is 50.7 Å². The zero-order valence-corrected chi connectivity index (χ0v) is 18.7. The maximum Gasteiger partial charge on any atom is 0.271 e. The first-order chi connectivity index (χ1) is 15.7. The number of benzene rings is 3. The van der Waals surface area contributed by atoms with Gasteiger partial charge in [0.15, 0.2) is 0 Å². The number of halogens is 1. The number of nitrogens with zero attached hydrogens (tertiary/aromatic N) is 3. The molecule has 3 aromatic carbocycles. The lowest BCUT2D eigenvalue weighted by Gasteiger charge is -2.34. The molecule has 0 aliphatic carbocycles. The van der Waals surface area contributed by atoms with Crippen LogP contribution in [0.1, 0.15) is 27.0 Å². The molecule has 6 heteroatoms. The SMILES string of the molecule is O=C(N/N=C\c1ccc(Cl)cc1)c1ccc(CN2CCN(Cc3ccccc3)CC2)cc1. The maximum atomic E-state index is 12.3. The summed E-state index contributed by atoms with van der Waals surface area (Å²) in [6.07, 6.45) is 1.60. The first-order valence-corrected chi connectivity index (χ1v) is 11.2. The topological polar surface area (TPSA) is 47.9 Å². The molecule has 0 atom stereocenters. The summed E-state index contributed by atoms with van der Waals surface area (Å²) in [6.45, 7) is 6.15. The van der Waals surface area contributed by atoms with Crippen molar-refractivity contribution in [3.63, 3.8) is 0 Å². The standard InChI is InChI=1S/C26H27ClN4O/c27-25-12-8-21(9-13-25)18-28-29-26(32)24-10-6-23(7-11-24)20-31-16-14-30(15-17-31)19-22-4-2-1-3-5-22/h1-13,18H,14-17,19-20H2,(H,29,32)/b28-18-. The molecule has 32 heavy (non-hydrogen) atoms. The molecule has 1 saturated heterocycles. The summed E-state index contributed by atoms with van der Waals surface area (Å²) in [4.78, 5) is 17.3. The van der Waals surface area contributed by atoms with Crippen LogP contribution in [0.5, 0.6) is 0 Å². The first-order valence-electron chi connectivity index (χ1n) is 10.8. The number of carbonyl (C=O) groups excluding carboxylic acids is 1. The molecular weight excluding hydrogens is 420 g/mol. The summed E-state index contributed by atoms with van der Waals surface area (Å²) in [6, 6.07) is 25.6. The fourth-order valence-electron chi connectivity index (χ4n) is 3.75. The smallest absolute Gasteiger partial charge is 0.271 e. The van der Waals surface area contributed by atoms with Crippen molar-refractivity contribution in [3.8, 4) is 0 Å². The van der Waals surface area contributed by atoms with Gasteiger partial charge in [-0.05, 0) is 41.0 Å². The van der Waals surface area contributed by atoms with Crippen LogP contribution >= 0.6 is 11.6 Å². The van der Waals surface area contributed by atoms with Gasteiger partial charge in [-0.15, -0.1) is 0 Å². The second-order valence-corrected chi connectivity index (χ2v) is 8.42. The molecule has 164 valence electrons. The van der Waals surface area contributed by atoms with Gasteiger partial charge in [0.1, 0.15) is 0 Å². The Morgan fingerprint density at radius 3 is 1.97 bits per heavy atom. The molecule has 0 radical (unpaired) electrons. The largest absolute Gasteiger partial charge is 0.297 e. The van der Waals surface area contributed by atoms with E-state index in [0.717, 1.165) is 44.8 Å². The van der Waals surface area contributed by atoms with Crippen molar-refractivity contribution in [1.82, 2.24) is 15.2 Å². The van der Waals surface area contributed by atoms with E-state index in [9.17, 15) is 4.79 Å². The average molecular weight is 447 g/mol. The molecule has 0 bridgehead atoms. The minimum atomic E-state index is -0.226. The minimum absolute atomic E-state index is 0.226. The lowest BCUT2D eigenvalue weighted by atomic mass is 10.1. The predicted molar refractivity (Wildman–Crippen MR) is 130 cm³/mol. The number of piperazine rings is 1. The van der Waals surface area contributed by atoms with Gasteiger partial charge in [-0.2, -0.15) is 5.10 Å². The number of hydrazone groups is 1. The molecule has 1 aliphatic heterocycles. The molecule has 0 saturated carbocycles. The Balaban J connectivity index is 1.22. The summed E-state index contributed by atoms with van der Waals surface area (Å²) < 4.78 is 0. The summed E-state index contributed by atoms with van der Waals surface area (Å²) in [7, 11) is 0. The highest BCUT2D eigenvalue weighted by atomic mass is 35.5. The van der Waals surface area contributed by atoms with E-state index in [1.54, 1.807) is 18.3 Å². The van der Waals surface area contributed by atoms with Crippen molar-refractivity contribution < 1.29 is 4.79 Å². The van der Waals surface area contributed by atoms with E-state index in [0.29, 0.717) is 10.6 Å². The van der Waals surface area contributed by atoms with Gasteiger partial charge < -0.3 is 0 Å². The lowest BCUT2D eigenvalue weighted by molar-refractivity contribution is 0.0955. The minimum Gasteiger partial charge on any atom is -0.297 e. The van der Waals surface area contributed by atoms with E-state index in [4.69, 9.17) is 11.6 Å². The van der Waals surface area contributed by atoms with Crippen molar-refractivity contribution in [2.75, 3.05) is 26.2 Å². The molecule has 3 aromatic rings. The van der Waals surface area contributed by atoms with E-state index < -0.39 is 0 Å². The first kappa shape index (κ1) is 22.2. The van der Waals surface area contributed by atoms with Crippen molar-refractivity contribution in [1.29, 1.82) is 0 Å². The molecule has 1 aliphatic rings. The number of amides is 1. The maximum absolute atomic E-state index is 12.3. The van der Waals surface area contributed by atoms with E-state index in [-0.39, 0.29) is 5.91 Å². The van der Waals surface area contributed by atoms with Crippen LogP contribution in [0.15, 0.2) is 84.0 Å². The molecule has 0 unspecified atom stereocenters. The third kappa shape index (κ3) is 6.50. The Kier molecular flexibility index (Phi) is 7.67. The van der Waals surface area contributed by atoms with Gasteiger partial charge in [-0.25, -0.2) is 5.43 Å². The number of hydrogen-bond donors (Lipinski definition) is 1. The van der Waals surface area contributed by atoms with Gasteiger partial charge in [0.2, 0.25) is 0 Å². The number of hydrogen-bond acceptors (Lipinski definition) is 4. The van der Waals surface area contributed by atoms with Crippen LogP contribution in [0.3, 0.4) is 0 Å². The fraction of sp³-hybridized carbons (Fsp3) is 0.231. The quantitative estimate of drug-likeness (QED) is 0.431. The van der Waals surface area contributed by atoms with E-state index >= 15 is 0 Å². The van der Waals surface area contributed by atoms with E-state index in [1.165, 1.54) is 11.1 Å². The van der Waals surface area contributed by atoms with Gasteiger partial charge in [0, 0.05) is 49.9 Å². The summed E-state index contributed by atoms with van der Waals surface area (Å²) >= 11 is 5.87. The Labute approximate surface area is 194 Å². The fourth-order valence-corrected chi connectivity index (χ4v) is 3.87. The molecule has 5 nitrogen and oxygen atoms in total. The van der Waals surface area contributed by atoms with Gasteiger partial charge in [0.05, 0.1) is 6.21 Å². The Hall–Kier alpha value is -2.99. The Morgan fingerprint density at radius 1 is 0.812 bits per heavy atom. The summed E-state index contributed by atoms with van der Waals surface area (Å²) in [5.41, 5.74) is 6.61. The number of nitrogens with one attached hydrogen (secondary N) is 1. The number of carbonyl (C=O) groups is 1. The third-order valence-corrected chi connectivity index (χ3v) is 5.84. The van der Waals surface area contributed by atoms with Crippen LogP contribution in [0.2, 0.25) is 5.02 Å². The van der Waals surface area contributed by atoms with Crippen LogP contribution in [0.25, 0.3) is 0 Å². The summed E-state index contributed by atoms with van der Waals surface area (Å²) in [5.74, 6) is -0.226. The second-order valence-electron chi connectivity index (χ2n) is 7.99. The molecule has 1 amide bonds. The Bertz CT molecular complexity index is 1030. The monoisotopic (exact) mass is 446 g/mol. The van der Waals surface area contributed by atoms with E-state index in [1.807, 2.05) is 36.4 Å². The normalized spacial score (nSPS) is 15.2. The lowest BCUT2D eigenvalue weighted by Crippen LogP contribution is -2.45. The zero-order chi connectivity index (χ0) is 22.2. The van der Waals surface area contributed by atoms with Crippen LogP contribution in [0.4, 0.5) is 0 Å². The predicted octanol–water partition coefficient (Wildman–Crippen LogP) is 4.42. The van der Waals surface area contributed by atoms with Crippen molar-refractivity contribution in [3.05, 3.63) is 106 Å². The van der Waals surface area contributed by atoms with Crippen LogP contribution < -0.4 is 5.43 Å². The molecular formula is C26H27ClN4O. The van der Waals surface area contributed by atoms with Crippen LogP contribution in [-0.2, 0) is 13.1 Å².